The average Bonchev–Trinajstić information content (AvgIpc) is 1.77. The van der Waals surface area contributed by atoms with Gasteiger partial charge in [0, 0.05) is 25.2 Å². The summed E-state index contributed by atoms with van der Waals surface area (Å²) in [6, 6.07) is 0. The molecule has 3 nitrogen and oxygen atoms in total. The molecule has 8 heavy (non-hydrogen) atoms. The van der Waals surface area contributed by atoms with E-state index in [4.69, 9.17) is 11.6 Å². The van der Waals surface area contributed by atoms with Gasteiger partial charge >= 0.3 is 0 Å². The Morgan fingerprint density at radius 3 is 2.75 bits per heavy atom. The first-order valence-electron chi connectivity index (χ1n) is 2.73. The number of nitrogens with zero attached hydrogens (tertiary/aromatic N) is 1. The zero-order chi connectivity index (χ0) is 5.98. The van der Waals surface area contributed by atoms with Gasteiger partial charge in [0.05, 0.1) is 0 Å². The van der Waals surface area contributed by atoms with Gasteiger partial charge in [-0.25, -0.2) is 5.01 Å². The molecule has 3 heteroatoms. The highest BCUT2D eigenvalue weighted by Gasteiger charge is 2.02. The lowest BCUT2D eigenvalue weighted by Crippen LogP contribution is -2.35. The summed E-state index contributed by atoms with van der Waals surface area (Å²) in [7, 11) is 0. The van der Waals surface area contributed by atoms with Crippen molar-refractivity contribution in [1.29, 1.82) is 0 Å². The zero-order valence-corrected chi connectivity index (χ0v) is 4.80. The van der Waals surface area contributed by atoms with E-state index in [9.17, 15) is 0 Å². The van der Waals surface area contributed by atoms with Crippen LogP contribution >= 0.6 is 0 Å². The van der Waals surface area contributed by atoms with Crippen LogP contribution in [0.15, 0.2) is 11.8 Å². The molecule has 1 aliphatic rings. The van der Waals surface area contributed by atoms with Gasteiger partial charge in [-0.2, -0.15) is 0 Å². The smallest absolute Gasteiger partial charge is 0.0328 e. The molecular weight excluding hydrogens is 102 g/mol. The molecule has 0 radical (unpaired) electrons. The van der Waals surface area contributed by atoms with E-state index in [2.05, 4.69) is 0 Å². The van der Waals surface area contributed by atoms with E-state index in [1.54, 1.807) is 5.01 Å². The lowest BCUT2D eigenvalue weighted by molar-refractivity contribution is 0.304. The van der Waals surface area contributed by atoms with Crippen LogP contribution in [-0.4, -0.2) is 18.1 Å². The van der Waals surface area contributed by atoms with Crippen molar-refractivity contribution in [1.82, 2.24) is 5.01 Å². The number of hydrogen-bond acceptors (Lipinski definition) is 3. The van der Waals surface area contributed by atoms with Crippen molar-refractivity contribution in [2.45, 2.75) is 6.42 Å². The van der Waals surface area contributed by atoms with Crippen molar-refractivity contribution in [2.24, 2.45) is 11.6 Å². The van der Waals surface area contributed by atoms with Crippen molar-refractivity contribution < 1.29 is 0 Å². The van der Waals surface area contributed by atoms with Crippen LogP contribution in [0.1, 0.15) is 6.42 Å². The standard InChI is InChI=1S/C5H11N3/c6-5-1-3-8(7)4-2-5/h1H,2-4,6-7H2. The lowest BCUT2D eigenvalue weighted by Gasteiger charge is -2.18. The van der Waals surface area contributed by atoms with Crippen molar-refractivity contribution in [2.75, 3.05) is 13.1 Å². The number of hydrogen-bond donors (Lipinski definition) is 2. The van der Waals surface area contributed by atoms with Gasteiger partial charge < -0.3 is 5.73 Å². The molecule has 0 atom stereocenters. The Balaban J connectivity index is 2.42. The molecule has 0 aromatic rings. The second kappa shape index (κ2) is 2.15. The molecule has 0 aliphatic carbocycles. The molecule has 46 valence electrons. The first-order chi connectivity index (χ1) is 3.79. The molecular formula is C5H11N3. The average molecular weight is 113 g/mol. The summed E-state index contributed by atoms with van der Waals surface area (Å²) in [4.78, 5) is 0. The maximum Gasteiger partial charge on any atom is 0.0328 e. The normalized spacial score (nSPS) is 22.9. The van der Waals surface area contributed by atoms with Crippen LogP contribution in [0.4, 0.5) is 0 Å². The van der Waals surface area contributed by atoms with Crippen molar-refractivity contribution in [3.8, 4) is 0 Å². The fourth-order valence-corrected chi connectivity index (χ4v) is 0.701. The van der Waals surface area contributed by atoms with Crippen LogP contribution in [0.5, 0.6) is 0 Å². The zero-order valence-electron chi connectivity index (χ0n) is 4.80. The molecule has 0 bridgehead atoms. The molecule has 0 saturated heterocycles. The minimum Gasteiger partial charge on any atom is -0.402 e. The predicted octanol–water partition coefficient (Wildman–Crippen LogP) is -0.592. The fraction of sp³-hybridized carbons (Fsp3) is 0.600. The van der Waals surface area contributed by atoms with Crippen LogP contribution in [0.25, 0.3) is 0 Å². The molecule has 0 amide bonds. The second-order valence-electron chi connectivity index (χ2n) is 2.02. The fourth-order valence-electron chi connectivity index (χ4n) is 0.701. The summed E-state index contributed by atoms with van der Waals surface area (Å²) in [5, 5.41) is 1.75. The summed E-state index contributed by atoms with van der Waals surface area (Å²) in [5.74, 6) is 5.43. The maximum atomic E-state index is 5.48. The van der Waals surface area contributed by atoms with Crippen LogP contribution in [0, 0.1) is 0 Å². The second-order valence-corrected chi connectivity index (χ2v) is 2.02. The molecule has 1 rings (SSSR count). The summed E-state index contributed by atoms with van der Waals surface area (Å²) < 4.78 is 0. The highest BCUT2D eigenvalue weighted by atomic mass is 15.4. The summed E-state index contributed by atoms with van der Waals surface area (Å²) in [6.07, 6.45) is 2.86. The Bertz CT molecular complexity index is 108. The van der Waals surface area contributed by atoms with Gasteiger partial charge in [0.1, 0.15) is 0 Å². The lowest BCUT2D eigenvalue weighted by atomic mass is 10.2. The van der Waals surface area contributed by atoms with Gasteiger partial charge in [-0.1, -0.05) is 6.08 Å². The molecule has 0 fully saturated rings. The largest absolute Gasteiger partial charge is 0.402 e. The van der Waals surface area contributed by atoms with E-state index < -0.39 is 0 Å². The Morgan fingerprint density at radius 2 is 2.38 bits per heavy atom. The first kappa shape index (κ1) is 5.59. The minimum atomic E-state index is 0.797. The molecule has 1 aliphatic heterocycles. The van der Waals surface area contributed by atoms with E-state index >= 15 is 0 Å². The number of hydrazine groups is 1. The van der Waals surface area contributed by atoms with Gasteiger partial charge in [0.2, 0.25) is 0 Å². The number of rotatable bonds is 0. The molecule has 0 spiro atoms. The highest BCUT2D eigenvalue weighted by molar-refractivity contribution is 5.01. The molecule has 1 heterocycles. The molecule has 0 unspecified atom stereocenters. The Kier molecular flexibility index (Phi) is 1.50. The summed E-state index contributed by atoms with van der Waals surface area (Å²) in [5.41, 5.74) is 6.44. The number of nitrogens with two attached hydrogens (primary N) is 2. The molecule has 0 aromatic carbocycles. The summed E-state index contributed by atoms with van der Waals surface area (Å²) in [6.45, 7) is 1.69. The molecule has 0 aromatic heterocycles. The van der Waals surface area contributed by atoms with E-state index in [1.807, 2.05) is 6.08 Å². The van der Waals surface area contributed by atoms with Gasteiger partial charge in [-0.05, 0) is 0 Å². The quantitative estimate of drug-likeness (QED) is 0.413. The van der Waals surface area contributed by atoms with Gasteiger partial charge in [-0.3, -0.25) is 5.84 Å². The molecule has 4 N–H and O–H groups in total. The van der Waals surface area contributed by atoms with Crippen LogP contribution in [-0.2, 0) is 0 Å². The minimum absolute atomic E-state index is 0.797. The van der Waals surface area contributed by atoms with Gasteiger partial charge in [-0.15, -0.1) is 0 Å². The third-order valence-corrected chi connectivity index (χ3v) is 1.28. The first-order valence-corrected chi connectivity index (χ1v) is 2.73. The van der Waals surface area contributed by atoms with E-state index in [0.717, 1.165) is 25.2 Å². The van der Waals surface area contributed by atoms with Crippen molar-refractivity contribution in [3.63, 3.8) is 0 Å². The van der Waals surface area contributed by atoms with E-state index in [1.165, 1.54) is 0 Å². The monoisotopic (exact) mass is 113 g/mol. The van der Waals surface area contributed by atoms with Gasteiger partial charge in [0.15, 0.2) is 0 Å². The maximum absolute atomic E-state index is 5.48. The highest BCUT2D eigenvalue weighted by Crippen LogP contribution is 1.99. The van der Waals surface area contributed by atoms with Crippen LogP contribution in [0.3, 0.4) is 0 Å². The Hall–Kier alpha value is -0.540. The summed E-state index contributed by atoms with van der Waals surface area (Å²) >= 11 is 0. The van der Waals surface area contributed by atoms with Crippen molar-refractivity contribution >= 4 is 0 Å². The predicted molar refractivity (Wildman–Crippen MR) is 32.6 cm³/mol. The van der Waals surface area contributed by atoms with Crippen LogP contribution in [0.2, 0.25) is 0 Å². The molecule has 0 saturated carbocycles. The van der Waals surface area contributed by atoms with Crippen LogP contribution < -0.4 is 11.6 Å². The van der Waals surface area contributed by atoms with Gasteiger partial charge in [0.25, 0.3) is 0 Å². The Morgan fingerprint density at radius 1 is 1.62 bits per heavy atom. The van der Waals surface area contributed by atoms with Crippen molar-refractivity contribution in [3.05, 3.63) is 11.8 Å². The van der Waals surface area contributed by atoms with E-state index in [0.29, 0.717) is 0 Å². The Labute approximate surface area is 48.9 Å². The SMILES string of the molecule is NC1=CCN(N)CC1. The third kappa shape index (κ3) is 1.21. The van der Waals surface area contributed by atoms with E-state index in [-0.39, 0.29) is 0 Å². The topological polar surface area (TPSA) is 55.3 Å². The third-order valence-electron chi connectivity index (χ3n) is 1.28.